The summed E-state index contributed by atoms with van der Waals surface area (Å²) in [5.41, 5.74) is 4.53. The number of carbonyl (C=O) groups is 2. The van der Waals surface area contributed by atoms with Crippen LogP contribution >= 0.6 is 0 Å². The molecule has 0 unspecified atom stereocenters. The highest BCUT2D eigenvalue weighted by atomic mass is 16.3. The molecule has 2 aliphatic carbocycles. The van der Waals surface area contributed by atoms with Gasteiger partial charge in [0.15, 0.2) is 12.1 Å². The number of allylic oxidation sites excluding steroid dienone is 5. The van der Waals surface area contributed by atoms with Gasteiger partial charge in [0.05, 0.1) is 5.56 Å². The number of phenolic OH excluding ortho intramolecular Hbond substituents is 1. The van der Waals surface area contributed by atoms with E-state index >= 15 is 0 Å². The van der Waals surface area contributed by atoms with E-state index in [0.717, 1.165) is 16.7 Å². The van der Waals surface area contributed by atoms with E-state index in [0.29, 0.717) is 11.8 Å². The van der Waals surface area contributed by atoms with E-state index in [1.807, 2.05) is 36.4 Å². The van der Waals surface area contributed by atoms with E-state index in [1.165, 1.54) is 11.6 Å². The molecule has 23 heavy (non-hydrogen) atoms. The fourth-order valence-corrected chi connectivity index (χ4v) is 2.54. The van der Waals surface area contributed by atoms with Gasteiger partial charge in [0.2, 0.25) is 0 Å². The number of carbonyl (C=O) groups excluding carboxylic acids is 2. The van der Waals surface area contributed by atoms with E-state index in [9.17, 15) is 9.59 Å². The fraction of sp³-hybridized carbons (Fsp3) is 0. The van der Waals surface area contributed by atoms with E-state index < -0.39 is 0 Å². The molecule has 0 bridgehead atoms. The average Bonchev–Trinajstić information content (AvgIpc) is 2.96. The summed E-state index contributed by atoms with van der Waals surface area (Å²) in [6.07, 6.45) is 8.01. The van der Waals surface area contributed by atoms with Crippen molar-refractivity contribution in [3.05, 3.63) is 89.0 Å². The lowest BCUT2D eigenvalue weighted by atomic mass is 9.96. The highest BCUT2D eigenvalue weighted by Gasteiger charge is 2.23. The van der Waals surface area contributed by atoms with Gasteiger partial charge in [0.25, 0.3) is 0 Å². The van der Waals surface area contributed by atoms with Crippen molar-refractivity contribution in [3.63, 3.8) is 0 Å². The monoisotopic (exact) mass is 302 g/mol. The van der Waals surface area contributed by atoms with E-state index in [4.69, 9.17) is 5.11 Å². The Bertz CT molecular complexity index is 870. The number of ketones is 1. The van der Waals surface area contributed by atoms with Crippen molar-refractivity contribution in [1.82, 2.24) is 0 Å². The maximum atomic E-state index is 11.5. The van der Waals surface area contributed by atoms with Gasteiger partial charge in [-0.1, -0.05) is 48.6 Å². The molecule has 0 atom stereocenters. The number of aromatic hydroxyl groups is 1. The molecule has 2 aliphatic rings. The molecule has 2 aromatic carbocycles. The molecule has 1 N–H and O–H groups in total. The first-order chi connectivity index (χ1) is 11.2. The van der Waals surface area contributed by atoms with Gasteiger partial charge < -0.3 is 5.11 Å². The molecule has 4 rings (SSSR count). The number of para-hydroxylation sites is 1. The molecule has 0 saturated carbocycles. The van der Waals surface area contributed by atoms with Gasteiger partial charge in [0, 0.05) is 5.57 Å². The van der Waals surface area contributed by atoms with Crippen LogP contribution < -0.4 is 0 Å². The summed E-state index contributed by atoms with van der Waals surface area (Å²) >= 11 is 0. The molecule has 112 valence electrons. The standard InChI is InChI=1S/C13H8O.C7H6O2/c14-13-7-3-6-11-10-5-2-1-4-9(10)8-12(11)13;8-5-6-3-1-2-4-7(6)9/h1-8H;1-5,9H. The maximum absolute atomic E-state index is 11.5. The van der Waals surface area contributed by atoms with Crippen molar-refractivity contribution >= 4 is 23.7 Å². The van der Waals surface area contributed by atoms with Crippen LogP contribution in [-0.2, 0) is 4.79 Å². The molecule has 2 aromatic rings. The Kier molecular flexibility index (Phi) is 4.02. The Balaban J connectivity index is 0.000000151. The zero-order valence-corrected chi connectivity index (χ0v) is 12.3. The molecular weight excluding hydrogens is 288 g/mol. The highest BCUT2D eigenvalue weighted by Crippen LogP contribution is 2.37. The van der Waals surface area contributed by atoms with Crippen LogP contribution in [0, 0.1) is 0 Å². The van der Waals surface area contributed by atoms with Crippen LogP contribution in [-0.4, -0.2) is 17.2 Å². The molecule has 0 amide bonds. The molecule has 0 saturated heterocycles. The number of hydrogen-bond acceptors (Lipinski definition) is 3. The molecule has 0 radical (unpaired) electrons. The van der Waals surface area contributed by atoms with Gasteiger partial charge in [0.1, 0.15) is 5.75 Å². The Morgan fingerprint density at radius 1 is 0.913 bits per heavy atom. The number of fused-ring (bicyclic) bond motifs is 3. The van der Waals surface area contributed by atoms with Crippen LogP contribution in [0.4, 0.5) is 0 Å². The molecule has 0 fully saturated rings. The second-order valence-electron chi connectivity index (χ2n) is 5.13. The minimum absolute atomic E-state index is 0.0347. The smallest absolute Gasteiger partial charge is 0.186 e. The van der Waals surface area contributed by atoms with Crippen LogP contribution in [0.25, 0.3) is 11.6 Å². The predicted molar refractivity (Wildman–Crippen MR) is 90.0 cm³/mol. The van der Waals surface area contributed by atoms with Crippen LogP contribution in [0.3, 0.4) is 0 Å². The number of benzene rings is 2. The van der Waals surface area contributed by atoms with Crippen LogP contribution in [0.1, 0.15) is 21.5 Å². The molecule has 3 nitrogen and oxygen atoms in total. The molecule has 0 spiro atoms. The Morgan fingerprint density at radius 2 is 1.65 bits per heavy atom. The van der Waals surface area contributed by atoms with Crippen molar-refractivity contribution < 1.29 is 14.7 Å². The lowest BCUT2D eigenvalue weighted by Crippen LogP contribution is -2.00. The quantitative estimate of drug-likeness (QED) is 0.815. The zero-order chi connectivity index (χ0) is 16.2. The maximum Gasteiger partial charge on any atom is 0.186 e. The summed E-state index contributed by atoms with van der Waals surface area (Å²) in [6.45, 7) is 0. The van der Waals surface area contributed by atoms with Crippen LogP contribution in [0.5, 0.6) is 5.75 Å². The summed E-state index contributed by atoms with van der Waals surface area (Å²) in [7, 11) is 0. The van der Waals surface area contributed by atoms with Crippen molar-refractivity contribution in [1.29, 1.82) is 0 Å². The third kappa shape index (κ3) is 2.90. The number of aldehydes is 1. The minimum Gasteiger partial charge on any atom is -0.507 e. The third-order valence-corrected chi connectivity index (χ3v) is 3.68. The Morgan fingerprint density at radius 3 is 2.39 bits per heavy atom. The number of hydrogen-bond donors (Lipinski definition) is 1. The van der Waals surface area contributed by atoms with Crippen molar-refractivity contribution in [2.24, 2.45) is 0 Å². The number of phenols is 1. The lowest BCUT2D eigenvalue weighted by molar-refractivity contribution is -0.110. The van der Waals surface area contributed by atoms with Gasteiger partial charge in [-0.2, -0.15) is 0 Å². The summed E-state index contributed by atoms with van der Waals surface area (Å²) in [5.74, 6) is 0.145. The molecule has 0 aliphatic heterocycles. The second-order valence-corrected chi connectivity index (χ2v) is 5.13. The van der Waals surface area contributed by atoms with E-state index in [1.54, 1.807) is 24.3 Å². The Hall–Kier alpha value is -3.20. The van der Waals surface area contributed by atoms with Gasteiger partial charge in [-0.3, -0.25) is 9.59 Å². The van der Waals surface area contributed by atoms with Gasteiger partial charge >= 0.3 is 0 Å². The largest absolute Gasteiger partial charge is 0.507 e. The van der Waals surface area contributed by atoms with Crippen LogP contribution in [0.15, 0.2) is 72.3 Å². The predicted octanol–water partition coefficient (Wildman–Crippen LogP) is 3.81. The summed E-state index contributed by atoms with van der Waals surface area (Å²) < 4.78 is 0. The van der Waals surface area contributed by atoms with Gasteiger partial charge in [-0.25, -0.2) is 0 Å². The molecule has 3 heteroatoms. The molecule has 0 aromatic heterocycles. The van der Waals surface area contributed by atoms with E-state index in [2.05, 4.69) is 6.07 Å². The highest BCUT2D eigenvalue weighted by molar-refractivity contribution is 6.23. The lowest BCUT2D eigenvalue weighted by Gasteiger charge is -2.06. The summed E-state index contributed by atoms with van der Waals surface area (Å²) in [4.78, 5) is 21.6. The first-order valence-electron chi connectivity index (χ1n) is 7.18. The first kappa shape index (κ1) is 14.7. The normalized spacial score (nSPS) is 14.0. The van der Waals surface area contributed by atoms with Crippen LogP contribution in [0.2, 0.25) is 0 Å². The Labute approximate surface area is 133 Å². The van der Waals surface area contributed by atoms with Gasteiger partial charge in [-0.15, -0.1) is 0 Å². The fourth-order valence-electron chi connectivity index (χ4n) is 2.54. The third-order valence-electron chi connectivity index (χ3n) is 3.68. The zero-order valence-electron chi connectivity index (χ0n) is 12.3. The topological polar surface area (TPSA) is 54.4 Å². The first-order valence-corrected chi connectivity index (χ1v) is 7.18. The minimum atomic E-state index is 0.0347. The van der Waals surface area contributed by atoms with E-state index in [-0.39, 0.29) is 11.5 Å². The van der Waals surface area contributed by atoms with Crippen molar-refractivity contribution in [2.45, 2.75) is 0 Å². The van der Waals surface area contributed by atoms with Crippen molar-refractivity contribution in [3.8, 4) is 5.75 Å². The van der Waals surface area contributed by atoms with Gasteiger partial charge in [-0.05, 0) is 41.0 Å². The summed E-state index contributed by atoms with van der Waals surface area (Å²) in [6, 6.07) is 14.5. The summed E-state index contributed by atoms with van der Waals surface area (Å²) in [5, 5.41) is 8.88. The average molecular weight is 302 g/mol. The molecular formula is C20H14O3. The second kappa shape index (κ2) is 6.28. The SMILES string of the molecule is O=C1C=CC=C2C1=Cc1ccccc12.O=Cc1ccccc1O. The molecule has 0 heterocycles. The number of rotatable bonds is 1. The van der Waals surface area contributed by atoms with Crippen molar-refractivity contribution in [2.75, 3.05) is 0 Å².